The molecule has 0 atom stereocenters. The lowest BCUT2D eigenvalue weighted by atomic mass is 9.97. The second-order valence-corrected chi connectivity index (χ2v) is 20.3. The molecule has 9 aromatic carbocycles. The fourth-order valence-corrected chi connectivity index (χ4v) is 11.6. The summed E-state index contributed by atoms with van der Waals surface area (Å²) in [5, 5.41) is 4.68. The van der Waals surface area contributed by atoms with Crippen molar-refractivity contribution in [1.82, 2.24) is 14.1 Å². The van der Waals surface area contributed by atoms with Crippen LogP contribution in [0.5, 0.6) is 0 Å². The van der Waals surface area contributed by atoms with Gasteiger partial charge in [-0.25, -0.2) is 4.85 Å². The summed E-state index contributed by atoms with van der Waals surface area (Å²) >= 11 is 0. The number of rotatable bonds is 7. The summed E-state index contributed by atoms with van der Waals surface area (Å²) in [6, 6.07) is 63.1. The van der Waals surface area contributed by atoms with Crippen molar-refractivity contribution in [2.75, 3.05) is 0 Å². The van der Waals surface area contributed by atoms with E-state index in [4.69, 9.17) is 11.6 Å². The fraction of sp³-hybridized carbons (Fsp3) is 0.118. The van der Waals surface area contributed by atoms with Crippen LogP contribution < -0.4 is 0 Å². The van der Waals surface area contributed by atoms with Gasteiger partial charge in [0.15, 0.2) is 5.69 Å². The van der Waals surface area contributed by atoms with Crippen molar-refractivity contribution in [2.45, 2.75) is 55.4 Å². The zero-order valence-corrected chi connectivity index (χ0v) is 42.1. The number of pyridine rings is 1. The predicted molar refractivity (Wildman–Crippen MR) is 304 cm³/mol. The van der Waals surface area contributed by atoms with E-state index < -0.39 is 0 Å². The van der Waals surface area contributed by atoms with Crippen molar-refractivity contribution in [3.05, 3.63) is 238 Å². The minimum atomic E-state index is 0.597. The molecule has 0 bridgehead atoms. The van der Waals surface area contributed by atoms with Crippen LogP contribution in [0, 0.1) is 62.0 Å². The standard InChI is InChI=1S/C68H54N4/c1-40-22-41(2)27-53(26-40)49-12-18-62-58(34-49)59-35-50(54-28-42(3)23-43(4)29-54)13-19-63(59)71(62)66-38-70-39-67(68(66)48-10-16-57(69-9)17-11-48)72-64-20-14-51(55-30-44(5)24-45(6)31-55)36-60(64)61-37-52(15-21-65(61)72)56-32-46(7)25-47(8)33-56/h10-39H,1-8H3. The maximum Gasteiger partial charge on any atom is 0.187 e. The molecule has 4 nitrogen and oxygen atoms in total. The predicted octanol–water partition coefficient (Wildman–Crippen LogP) is 18.6. The van der Waals surface area contributed by atoms with Crippen LogP contribution >= 0.6 is 0 Å². The first-order valence-electron chi connectivity index (χ1n) is 24.8. The van der Waals surface area contributed by atoms with Crippen LogP contribution in [0.25, 0.3) is 115 Å². The van der Waals surface area contributed by atoms with Gasteiger partial charge in [-0.1, -0.05) is 166 Å². The third-order valence-electron chi connectivity index (χ3n) is 14.4. The SMILES string of the molecule is [C-]#[N+]c1ccc(-c2c(-n3c4ccc(-c5cc(C)cc(C)c5)cc4c4cc(-c5cc(C)cc(C)c5)ccc43)cncc2-n2c3ccc(-c4cc(C)cc(C)c4)cc3c3cc(-c4cc(C)cc(C)c4)ccc32)cc1. The van der Waals surface area contributed by atoms with E-state index >= 15 is 0 Å². The van der Waals surface area contributed by atoms with Crippen LogP contribution in [0.2, 0.25) is 0 Å². The number of hydrogen-bond acceptors (Lipinski definition) is 1. The molecule has 3 heterocycles. The van der Waals surface area contributed by atoms with Crippen molar-refractivity contribution in [1.29, 1.82) is 0 Å². The molecule has 12 aromatic rings. The Morgan fingerprint density at radius 2 is 0.569 bits per heavy atom. The van der Waals surface area contributed by atoms with Crippen molar-refractivity contribution >= 4 is 49.3 Å². The van der Waals surface area contributed by atoms with E-state index in [1.165, 1.54) is 111 Å². The highest BCUT2D eigenvalue weighted by Gasteiger charge is 2.24. The summed E-state index contributed by atoms with van der Waals surface area (Å²) in [6.45, 7) is 25.3. The monoisotopic (exact) mass is 926 g/mol. The third-order valence-corrected chi connectivity index (χ3v) is 14.4. The molecule has 0 amide bonds. The molecule has 3 aromatic heterocycles. The minimum Gasteiger partial charge on any atom is -0.307 e. The van der Waals surface area contributed by atoms with Crippen molar-refractivity contribution < 1.29 is 0 Å². The summed E-state index contributed by atoms with van der Waals surface area (Å²) in [4.78, 5) is 9.01. The lowest BCUT2D eigenvalue weighted by Crippen LogP contribution is -2.05. The number of fused-ring (bicyclic) bond motifs is 6. The maximum atomic E-state index is 7.91. The first-order valence-corrected chi connectivity index (χ1v) is 24.8. The number of aromatic nitrogens is 3. The Balaban J connectivity index is 1.17. The molecule has 0 unspecified atom stereocenters. The Bertz CT molecular complexity index is 3700. The summed E-state index contributed by atoms with van der Waals surface area (Å²) in [5.41, 5.74) is 28.4. The zero-order chi connectivity index (χ0) is 49.5. The first-order chi connectivity index (χ1) is 34.8. The number of aryl methyl sites for hydroxylation is 8. The summed E-state index contributed by atoms with van der Waals surface area (Å²) < 4.78 is 4.83. The molecule has 0 saturated carbocycles. The lowest BCUT2D eigenvalue weighted by Gasteiger charge is -2.20. The van der Waals surface area contributed by atoms with Gasteiger partial charge in [0.25, 0.3) is 0 Å². The van der Waals surface area contributed by atoms with E-state index in [0.717, 1.165) is 44.6 Å². The van der Waals surface area contributed by atoms with Crippen molar-refractivity contribution in [3.63, 3.8) is 0 Å². The largest absolute Gasteiger partial charge is 0.307 e. The smallest absolute Gasteiger partial charge is 0.187 e. The van der Waals surface area contributed by atoms with Gasteiger partial charge in [0.1, 0.15) is 0 Å². The van der Waals surface area contributed by atoms with Gasteiger partial charge in [-0.05, 0) is 154 Å². The second kappa shape index (κ2) is 17.3. The number of benzene rings is 9. The summed E-state index contributed by atoms with van der Waals surface area (Å²) in [6.07, 6.45) is 4.06. The highest BCUT2D eigenvalue weighted by molar-refractivity contribution is 6.14. The van der Waals surface area contributed by atoms with Crippen LogP contribution in [-0.4, -0.2) is 14.1 Å². The molecule has 0 fully saturated rings. The van der Waals surface area contributed by atoms with Gasteiger partial charge >= 0.3 is 0 Å². The van der Waals surface area contributed by atoms with Crippen molar-refractivity contribution in [2.24, 2.45) is 0 Å². The average Bonchev–Trinajstić information content (AvgIpc) is 3.86. The molecule has 0 N–H and O–H groups in total. The molecular formula is C68H54N4. The van der Waals surface area contributed by atoms with Gasteiger partial charge in [0, 0.05) is 27.1 Å². The Morgan fingerprint density at radius 3 is 0.833 bits per heavy atom. The van der Waals surface area contributed by atoms with Crippen LogP contribution in [0.15, 0.2) is 182 Å². The van der Waals surface area contributed by atoms with Gasteiger partial charge in [-0.15, -0.1) is 0 Å². The third kappa shape index (κ3) is 7.75. The van der Waals surface area contributed by atoms with Crippen LogP contribution in [0.1, 0.15) is 44.5 Å². The highest BCUT2D eigenvalue weighted by atomic mass is 15.0. The fourth-order valence-electron chi connectivity index (χ4n) is 11.6. The minimum absolute atomic E-state index is 0.597. The molecule has 12 rings (SSSR count). The van der Waals surface area contributed by atoms with Crippen molar-refractivity contribution in [3.8, 4) is 67.0 Å². The van der Waals surface area contributed by atoms with E-state index in [-0.39, 0.29) is 0 Å². The number of hydrogen-bond donors (Lipinski definition) is 0. The van der Waals surface area contributed by atoms with E-state index in [1.807, 2.05) is 24.5 Å². The zero-order valence-electron chi connectivity index (χ0n) is 42.1. The Morgan fingerprint density at radius 1 is 0.306 bits per heavy atom. The Labute approximate surface area is 422 Å². The summed E-state index contributed by atoms with van der Waals surface area (Å²) in [7, 11) is 0. The van der Waals surface area contributed by atoms with Gasteiger partial charge in [0.05, 0.1) is 52.4 Å². The van der Waals surface area contributed by atoms with E-state index in [9.17, 15) is 0 Å². The molecule has 346 valence electrons. The van der Waals surface area contributed by atoms with Gasteiger partial charge < -0.3 is 9.13 Å². The molecule has 0 spiro atoms. The number of nitrogens with zero attached hydrogens (tertiary/aromatic N) is 4. The molecule has 0 aliphatic carbocycles. The molecular weight excluding hydrogens is 873 g/mol. The van der Waals surface area contributed by atoms with Crippen LogP contribution in [0.4, 0.5) is 5.69 Å². The van der Waals surface area contributed by atoms with Gasteiger partial charge in [-0.3, -0.25) is 4.98 Å². The average molecular weight is 927 g/mol. The Kier molecular flexibility index (Phi) is 10.7. The molecule has 0 radical (unpaired) electrons. The Hall–Kier alpha value is -8.78. The summed E-state index contributed by atoms with van der Waals surface area (Å²) in [5.74, 6) is 0. The van der Waals surface area contributed by atoms with E-state index in [2.05, 4.69) is 227 Å². The normalized spacial score (nSPS) is 11.6. The molecule has 4 heteroatoms. The van der Waals surface area contributed by atoms with E-state index in [0.29, 0.717) is 5.69 Å². The topological polar surface area (TPSA) is 27.1 Å². The maximum absolute atomic E-state index is 7.91. The molecule has 0 aliphatic rings. The van der Waals surface area contributed by atoms with Crippen LogP contribution in [0.3, 0.4) is 0 Å². The molecule has 0 saturated heterocycles. The molecule has 0 aliphatic heterocycles. The van der Waals surface area contributed by atoms with Gasteiger partial charge in [0.2, 0.25) is 0 Å². The van der Waals surface area contributed by atoms with Crippen LogP contribution in [-0.2, 0) is 0 Å². The quantitative estimate of drug-likeness (QED) is 0.146. The highest BCUT2D eigenvalue weighted by Crippen LogP contribution is 2.45. The second-order valence-electron chi connectivity index (χ2n) is 20.3. The van der Waals surface area contributed by atoms with E-state index in [1.54, 1.807) is 0 Å². The first kappa shape index (κ1) is 44.4. The lowest BCUT2D eigenvalue weighted by molar-refractivity contribution is 1.09. The molecule has 72 heavy (non-hydrogen) atoms. The van der Waals surface area contributed by atoms with Gasteiger partial charge in [-0.2, -0.15) is 0 Å².